The van der Waals surface area contributed by atoms with Gasteiger partial charge in [0.2, 0.25) is 5.91 Å². The van der Waals surface area contributed by atoms with E-state index in [1.54, 1.807) is 29.2 Å². The van der Waals surface area contributed by atoms with Crippen LogP contribution in [0.15, 0.2) is 54.7 Å². The zero-order valence-corrected chi connectivity index (χ0v) is 15.4. The number of piperazine rings is 1. The maximum Gasteiger partial charge on any atom is 0.254 e. The van der Waals surface area contributed by atoms with E-state index in [0.29, 0.717) is 43.7 Å². The van der Waals surface area contributed by atoms with Crippen LogP contribution in [0.1, 0.15) is 21.5 Å². The van der Waals surface area contributed by atoms with Crippen LogP contribution in [-0.2, 0) is 11.2 Å². The average Bonchev–Trinajstić information content (AvgIpc) is 3.16. The number of amides is 2. The van der Waals surface area contributed by atoms with E-state index < -0.39 is 0 Å². The third-order valence-corrected chi connectivity index (χ3v) is 5.17. The number of nitrogens with one attached hydrogen (secondary N) is 1. The van der Waals surface area contributed by atoms with E-state index >= 15 is 0 Å². The summed E-state index contributed by atoms with van der Waals surface area (Å²) in [6, 6.07) is 16.7. The third-order valence-electron chi connectivity index (χ3n) is 5.17. The van der Waals surface area contributed by atoms with Gasteiger partial charge in [0.05, 0.1) is 18.1 Å². The lowest BCUT2D eigenvalue weighted by molar-refractivity contribution is -0.131. The Morgan fingerprint density at radius 3 is 2.54 bits per heavy atom. The van der Waals surface area contributed by atoms with E-state index in [4.69, 9.17) is 5.26 Å². The molecule has 0 saturated carbocycles. The average molecular weight is 372 g/mol. The van der Waals surface area contributed by atoms with Crippen LogP contribution in [-0.4, -0.2) is 52.8 Å². The first-order valence-corrected chi connectivity index (χ1v) is 9.28. The predicted molar refractivity (Wildman–Crippen MR) is 106 cm³/mol. The smallest absolute Gasteiger partial charge is 0.254 e. The highest BCUT2D eigenvalue weighted by Crippen LogP contribution is 2.19. The number of nitrogens with zero attached hydrogens (tertiary/aromatic N) is 3. The maximum absolute atomic E-state index is 12.7. The second-order valence-corrected chi connectivity index (χ2v) is 6.90. The molecule has 0 aliphatic carbocycles. The van der Waals surface area contributed by atoms with Crippen LogP contribution in [0.2, 0.25) is 0 Å². The molecule has 140 valence electrons. The monoisotopic (exact) mass is 372 g/mol. The minimum Gasteiger partial charge on any atom is -0.361 e. The Bertz CT molecular complexity index is 1070. The van der Waals surface area contributed by atoms with Gasteiger partial charge in [0.15, 0.2) is 0 Å². The van der Waals surface area contributed by atoms with Gasteiger partial charge < -0.3 is 14.8 Å². The molecule has 1 saturated heterocycles. The lowest BCUT2D eigenvalue weighted by Crippen LogP contribution is -2.51. The molecular formula is C22H20N4O2. The number of H-pyrrole nitrogens is 1. The number of para-hydroxylation sites is 1. The van der Waals surface area contributed by atoms with Crippen molar-refractivity contribution in [3.05, 3.63) is 71.4 Å². The summed E-state index contributed by atoms with van der Waals surface area (Å²) in [6.07, 6.45) is 2.24. The van der Waals surface area contributed by atoms with Crippen LogP contribution in [0.3, 0.4) is 0 Å². The summed E-state index contributed by atoms with van der Waals surface area (Å²) >= 11 is 0. The highest BCUT2D eigenvalue weighted by atomic mass is 16.2. The maximum atomic E-state index is 12.7. The summed E-state index contributed by atoms with van der Waals surface area (Å²) in [5.74, 6) is -0.0239. The molecule has 0 bridgehead atoms. The van der Waals surface area contributed by atoms with Crippen molar-refractivity contribution in [1.82, 2.24) is 14.8 Å². The van der Waals surface area contributed by atoms with Crippen molar-refractivity contribution >= 4 is 22.7 Å². The first kappa shape index (κ1) is 17.8. The molecule has 3 aromatic rings. The van der Waals surface area contributed by atoms with Gasteiger partial charge in [0.1, 0.15) is 0 Å². The fourth-order valence-corrected chi connectivity index (χ4v) is 3.62. The number of aromatic nitrogens is 1. The summed E-state index contributed by atoms with van der Waals surface area (Å²) in [4.78, 5) is 32.1. The van der Waals surface area contributed by atoms with Gasteiger partial charge in [-0.05, 0) is 29.8 Å². The molecule has 1 N–H and O–H groups in total. The lowest BCUT2D eigenvalue weighted by Gasteiger charge is -2.35. The molecule has 1 aliphatic rings. The van der Waals surface area contributed by atoms with Gasteiger partial charge in [-0.1, -0.05) is 24.3 Å². The minimum atomic E-state index is -0.0965. The molecule has 2 amide bonds. The Labute approximate surface area is 163 Å². The lowest BCUT2D eigenvalue weighted by atomic mass is 10.1. The molecular weight excluding hydrogens is 352 g/mol. The zero-order valence-electron chi connectivity index (χ0n) is 15.4. The van der Waals surface area contributed by atoms with Crippen molar-refractivity contribution < 1.29 is 9.59 Å². The zero-order chi connectivity index (χ0) is 19.5. The molecule has 1 aromatic heterocycles. The van der Waals surface area contributed by atoms with Crippen molar-refractivity contribution in [1.29, 1.82) is 5.26 Å². The summed E-state index contributed by atoms with van der Waals surface area (Å²) in [5.41, 5.74) is 3.00. The molecule has 2 heterocycles. The standard InChI is InChI=1S/C22H20N4O2/c23-14-16-4-3-5-17(12-16)22(28)26-10-8-25(9-11-26)21(27)13-18-15-24-20-7-2-1-6-19(18)20/h1-7,12,15,24H,8-11,13H2. The number of rotatable bonds is 3. The fraction of sp³-hybridized carbons (Fsp3) is 0.227. The first-order chi connectivity index (χ1) is 13.7. The summed E-state index contributed by atoms with van der Waals surface area (Å²) in [6.45, 7) is 2.03. The Balaban J connectivity index is 1.37. The number of nitriles is 1. The van der Waals surface area contributed by atoms with E-state index in [1.165, 1.54) is 0 Å². The topological polar surface area (TPSA) is 80.2 Å². The second kappa shape index (κ2) is 7.57. The van der Waals surface area contributed by atoms with Gasteiger partial charge in [-0.25, -0.2) is 0 Å². The van der Waals surface area contributed by atoms with Crippen LogP contribution in [0.4, 0.5) is 0 Å². The van der Waals surface area contributed by atoms with Crippen LogP contribution in [0.5, 0.6) is 0 Å². The molecule has 1 fully saturated rings. The normalized spacial score (nSPS) is 14.1. The van der Waals surface area contributed by atoms with E-state index in [1.807, 2.05) is 35.4 Å². The minimum absolute atomic E-state index is 0.0725. The predicted octanol–water partition coefficient (Wildman–Crippen LogP) is 2.57. The van der Waals surface area contributed by atoms with Crippen LogP contribution in [0.25, 0.3) is 10.9 Å². The van der Waals surface area contributed by atoms with Crippen molar-refractivity contribution in [2.75, 3.05) is 26.2 Å². The SMILES string of the molecule is N#Cc1cccc(C(=O)N2CCN(C(=O)Cc3c[nH]c4ccccc34)CC2)c1. The molecule has 2 aromatic carbocycles. The number of benzene rings is 2. The van der Waals surface area contributed by atoms with E-state index in [2.05, 4.69) is 11.1 Å². The van der Waals surface area contributed by atoms with E-state index in [-0.39, 0.29) is 11.8 Å². The molecule has 1 aliphatic heterocycles. The number of fused-ring (bicyclic) bond motifs is 1. The Morgan fingerprint density at radius 2 is 1.75 bits per heavy atom. The fourth-order valence-electron chi connectivity index (χ4n) is 3.62. The molecule has 0 radical (unpaired) electrons. The van der Waals surface area contributed by atoms with Crippen LogP contribution < -0.4 is 0 Å². The molecule has 0 spiro atoms. The number of hydrogen-bond donors (Lipinski definition) is 1. The largest absolute Gasteiger partial charge is 0.361 e. The molecule has 6 nitrogen and oxygen atoms in total. The van der Waals surface area contributed by atoms with Crippen LogP contribution >= 0.6 is 0 Å². The molecule has 4 rings (SSSR count). The number of hydrogen-bond acceptors (Lipinski definition) is 3. The van der Waals surface area contributed by atoms with Gasteiger partial charge in [-0.15, -0.1) is 0 Å². The summed E-state index contributed by atoms with van der Waals surface area (Å²) in [5, 5.41) is 10.1. The highest BCUT2D eigenvalue weighted by Gasteiger charge is 2.25. The van der Waals surface area contributed by atoms with Crippen molar-refractivity contribution in [2.24, 2.45) is 0 Å². The first-order valence-electron chi connectivity index (χ1n) is 9.28. The van der Waals surface area contributed by atoms with Gasteiger partial charge in [-0.2, -0.15) is 5.26 Å². The van der Waals surface area contributed by atoms with E-state index in [9.17, 15) is 9.59 Å². The van der Waals surface area contributed by atoms with Crippen molar-refractivity contribution in [3.63, 3.8) is 0 Å². The van der Waals surface area contributed by atoms with Gasteiger partial charge in [0, 0.05) is 48.8 Å². The number of carbonyl (C=O) groups is 2. The molecule has 0 unspecified atom stereocenters. The Kier molecular flexibility index (Phi) is 4.81. The Morgan fingerprint density at radius 1 is 1.00 bits per heavy atom. The quantitative estimate of drug-likeness (QED) is 0.767. The Hall–Kier alpha value is -3.59. The molecule has 6 heteroatoms. The van der Waals surface area contributed by atoms with Crippen molar-refractivity contribution in [2.45, 2.75) is 6.42 Å². The van der Waals surface area contributed by atoms with Gasteiger partial charge >= 0.3 is 0 Å². The molecule has 28 heavy (non-hydrogen) atoms. The molecule has 0 atom stereocenters. The van der Waals surface area contributed by atoms with E-state index in [0.717, 1.165) is 16.5 Å². The number of aromatic amines is 1. The van der Waals surface area contributed by atoms with Crippen molar-refractivity contribution in [3.8, 4) is 6.07 Å². The van der Waals surface area contributed by atoms with Crippen LogP contribution in [0, 0.1) is 11.3 Å². The second-order valence-electron chi connectivity index (χ2n) is 6.90. The number of carbonyl (C=O) groups excluding carboxylic acids is 2. The highest BCUT2D eigenvalue weighted by molar-refractivity contribution is 5.95. The van der Waals surface area contributed by atoms with Gasteiger partial charge in [-0.3, -0.25) is 9.59 Å². The summed E-state index contributed by atoms with van der Waals surface area (Å²) < 4.78 is 0. The third kappa shape index (κ3) is 3.47. The summed E-state index contributed by atoms with van der Waals surface area (Å²) in [7, 11) is 0. The van der Waals surface area contributed by atoms with Gasteiger partial charge in [0.25, 0.3) is 5.91 Å².